The Morgan fingerprint density at radius 3 is 2.03 bits per heavy atom. The normalized spacial score (nSPS) is 13.4. The largest absolute Gasteiger partial charge is 0.348 e. The van der Waals surface area contributed by atoms with Gasteiger partial charge in [0.2, 0.25) is 15.9 Å². The predicted octanol–water partition coefficient (Wildman–Crippen LogP) is 4.38. The molecule has 0 radical (unpaired) electrons. The molecule has 2 atom stereocenters. The van der Waals surface area contributed by atoms with Crippen molar-refractivity contribution in [2.75, 3.05) is 0 Å². The summed E-state index contributed by atoms with van der Waals surface area (Å²) < 4.78 is 28.5. The SMILES string of the molecule is Cc1cc(C)c([C@@H](C)NC(=O)[C@H](Cc2ccccc2)NS(=O)(=O)c2ccccc2)cc1C. The molecule has 3 aromatic carbocycles. The molecule has 0 aromatic heterocycles. The lowest BCUT2D eigenvalue weighted by atomic mass is 9.96. The lowest BCUT2D eigenvalue weighted by molar-refractivity contribution is -0.123. The summed E-state index contributed by atoms with van der Waals surface area (Å²) in [4.78, 5) is 13.4. The van der Waals surface area contributed by atoms with Crippen LogP contribution in [-0.2, 0) is 21.2 Å². The van der Waals surface area contributed by atoms with Crippen LogP contribution in [0.2, 0.25) is 0 Å². The summed E-state index contributed by atoms with van der Waals surface area (Å²) in [7, 11) is -3.86. The van der Waals surface area contributed by atoms with Gasteiger partial charge in [-0.1, -0.05) is 60.7 Å². The van der Waals surface area contributed by atoms with Gasteiger partial charge < -0.3 is 5.32 Å². The molecule has 32 heavy (non-hydrogen) atoms. The Labute approximate surface area is 190 Å². The third kappa shape index (κ3) is 5.84. The molecular formula is C26H30N2O3S. The maximum Gasteiger partial charge on any atom is 0.241 e. The third-order valence-corrected chi connectivity index (χ3v) is 7.15. The van der Waals surface area contributed by atoms with E-state index in [1.165, 1.54) is 17.7 Å². The Bertz CT molecular complexity index is 1180. The lowest BCUT2D eigenvalue weighted by Gasteiger charge is -2.23. The zero-order valence-electron chi connectivity index (χ0n) is 18.9. The van der Waals surface area contributed by atoms with Crippen LogP contribution >= 0.6 is 0 Å². The van der Waals surface area contributed by atoms with Gasteiger partial charge in [-0.05, 0) is 74.1 Å². The Kier molecular flexibility index (Phi) is 7.48. The number of hydrogen-bond donors (Lipinski definition) is 2. The molecular weight excluding hydrogens is 420 g/mol. The van der Waals surface area contributed by atoms with E-state index < -0.39 is 16.1 Å². The Balaban J connectivity index is 1.85. The van der Waals surface area contributed by atoms with E-state index >= 15 is 0 Å². The van der Waals surface area contributed by atoms with E-state index in [9.17, 15) is 13.2 Å². The van der Waals surface area contributed by atoms with Crippen LogP contribution in [0, 0.1) is 20.8 Å². The third-order valence-electron chi connectivity index (χ3n) is 5.66. The highest BCUT2D eigenvalue weighted by molar-refractivity contribution is 7.89. The molecule has 2 N–H and O–H groups in total. The minimum absolute atomic E-state index is 0.129. The van der Waals surface area contributed by atoms with Gasteiger partial charge in [-0.3, -0.25) is 4.79 Å². The highest BCUT2D eigenvalue weighted by Gasteiger charge is 2.27. The number of hydrogen-bond acceptors (Lipinski definition) is 3. The van der Waals surface area contributed by atoms with E-state index in [2.05, 4.69) is 29.1 Å². The van der Waals surface area contributed by atoms with Crippen LogP contribution in [0.3, 0.4) is 0 Å². The second-order valence-corrected chi connectivity index (χ2v) is 9.91. The van der Waals surface area contributed by atoms with Gasteiger partial charge in [0, 0.05) is 0 Å². The van der Waals surface area contributed by atoms with Crippen LogP contribution in [0.4, 0.5) is 0 Å². The van der Waals surface area contributed by atoms with Crippen LogP contribution < -0.4 is 10.0 Å². The minimum Gasteiger partial charge on any atom is -0.348 e. The van der Waals surface area contributed by atoms with Crippen molar-refractivity contribution < 1.29 is 13.2 Å². The molecule has 0 bridgehead atoms. The number of carbonyl (C=O) groups is 1. The van der Waals surface area contributed by atoms with Crippen molar-refractivity contribution >= 4 is 15.9 Å². The highest BCUT2D eigenvalue weighted by atomic mass is 32.2. The smallest absolute Gasteiger partial charge is 0.241 e. The maximum absolute atomic E-state index is 13.3. The Morgan fingerprint density at radius 1 is 0.844 bits per heavy atom. The highest BCUT2D eigenvalue weighted by Crippen LogP contribution is 2.22. The van der Waals surface area contributed by atoms with Crippen LogP contribution in [0.15, 0.2) is 77.7 Å². The average Bonchev–Trinajstić information content (AvgIpc) is 2.77. The van der Waals surface area contributed by atoms with Gasteiger partial charge in [0.1, 0.15) is 6.04 Å². The summed E-state index contributed by atoms with van der Waals surface area (Å²) in [5.74, 6) is -0.363. The monoisotopic (exact) mass is 450 g/mol. The van der Waals surface area contributed by atoms with Crippen LogP contribution in [-0.4, -0.2) is 20.4 Å². The Hall–Kier alpha value is -2.96. The van der Waals surface area contributed by atoms with Crippen LogP contribution in [0.25, 0.3) is 0 Å². The maximum atomic E-state index is 13.3. The number of amides is 1. The van der Waals surface area contributed by atoms with Gasteiger partial charge in [-0.15, -0.1) is 0 Å². The predicted molar refractivity (Wildman–Crippen MR) is 128 cm³/mol. The number of sulfonamides is 1. The second-order valence-electron chi connectivity index (χ2n) is 8.20. The molecule has 0 heterocycles. The van der Waals surface area contributed by atoms with Crippen LogP contribution in [0.5, 0.6) is 0 Å². The minimum atomic E-state index is -3.86. The molecule has 0 aliphatic rings. The van der Waals surface area contributed by atoms with E-state index in [1.54, 1.807) is 18.2 Å². The van der Waals surface area contributed by atoms with Crippen LogP contribution in [0.1, 0.15) is 40.8 Å². The van der Waals surface area contributed by atoms with E-state index in [0.717, 1.165) is 22.3 Å². The molecule has 0 saturated heterocycles. The van der Waals surface area contributed by atoms with Crippen molar-refractivity contribution in [2.24, 2.45) is 0 Å². The average molecular weight is 451 g/mol. The summed E-state index contributed by atoms with van der Waals surface area (Å²) in [5.41, 5.74) is 5.33. The molecule has 0 unspecified atom stereocenters. The van der Waals surface area contributed by atoms with E-state index in [4.69, 9.17) is 0 Å². The summed E-state index contributed by atoms with van der Waals surface area (Å²) in [6, 6.07) is 20.5. The van der Waals surface area contributed by atoms with E-state index in [1.807, 2.05) is 51.1 Å². The molecule has 0 saturated carbocycles. The van der Waals surface area contributed by atoms with E-state index in [0.29, 0.717) is 0 Å². The molecule has 5 nitrogen and oxygen atoms in total. The molecule has 0 fully saturated rings. The fraction of sp³-hybridized carbons (Fsp3) is 0.269. The fourth-order valence-corrected chi connectivity index (χ4v) is 4.95. The number of nitrogens with one attached hydrogen (secondary N) is 2. The molecule has 3 aromatic rings. The number of aryl methyl sites for hydroxylation is 3. The molecule has 168 valence electrons. The topological polar surface area (TPSA) is 75.3 Å². The standard InChI is InChI=1S/C26H30N2O3S/c1-18-15-20(3)24(16-19(18)2)21(4)27-26(29)25(17-22-11-7-5-8-12-22)28-32(30,31)23-13-9-6-10-14-23/h5-16,21,25,28H,17H2,1-4H3,(H,27,29)/t21-,25+/m1/s1. The molecule has 6 heteroatoms. The van der Waals surface area contributed by atoms with Crippen molar-refractivity contribution in [2.45, 2.75) is 51.1 Å². The first kappa shape index (κ1) is 23.7. The van der Waals surface area contributed by atoms with Gasteiger partial charge in [-0.2, -0.15) is 4.72 Å². The lowest BCUT2D eigenvalue weighted by Crippen LogP contribution is -2.48. The zero-order chi connectivity index (χ0) is 23.3. The van der Waals surface area contributed by atoms with Crippen molar-refractivity contribution in [1.29, 1.82) is 0 Å². The quantitative estimate of drug-likeness (QED) is 0.535. The van der Waals surface area contributed by atoms with Gasteiger partial charge in [0.25, 0.3) is 0 Å². The van der Waals surface area contributed by atoms with Crippen molar-refractivity contribution in [3.8, 4) is 0 Å². The van der Waals surface area contributed by atoms with Gasteiger partial charge in [-0.25, -0.2) is 8.42 Å². The number of carbonyl (C=O) groups excluding carboxylic acids is 1. The zero-order valence-corrected chi connectivity index (χ0v) is 19.7. The molecule has 0 spiro atoms. The van der Waals surface area contributed by atoms with Crippen molar-refractivity contribution in [3.63, 3.8) is 0 Å². The molecule has 1 amide bonds. The van der Waals surface area contributed by atoms with Crippen molar-refractivity contribution in [1.82, 2.24) is 10.0 Å². The first-order chi connectivity index (χ1) is 15.2. The van der Waals surface area contributed by atoms with Gasteiger partial charge >= 0.3 is 0 Å². The number of benzene rings is 3. The second kappa shape index (κ2) is 10.1. The first-order valence-corrected chi connectivity index (χ1v) is 12.1. The van der Waals surface area contributed by atoms with Gasteiger partial charge in [0.15, 0.2) is 0 Å². The first-order valence-electron chi connectivity index (χ1n) is 10.7. The van der Waals surface area contributed by atoms with Gasteiger partial charge in [0.05, 0.1) is 10.9 Å². The van der Waals surface area contributed by atoms with Crippen molar-refractivity contribution in [3.05, 3.63) is 101 Å². The summed E-state index contributed by atoms with van der Waals surface area (Å²) in [5, 5.41) is 3.01. The Morgan fingerprint density at radius 2 is 1.41 bits per heavy atom. The fourth-order valence-electron chi connectivity index (χ4n) is 3.73. The van der Waals surface area contributed by atoms with E-state index in [-0.39, 0.29) is 23.3 Å². The summed E-state index contributed by atoms with van der Waals surface area (Å²) in [6.07, 6.45) is 0.247. The molecule has 0 aliphatic heterocycles. The number of rotatable bonds is 8. The molecule has 3 rings (SSSR count). The molecule has 0 aliphatic carbocycles. The summed E-state index contributed by atoms with van der Waals surface area (Å²) >= 11 is 0. The summed E-state index contributed by atoms with van der Waals surface area (Å²) in [6.45, 7) is 8.03.